The fourth-order valence-electron chi connectivity index (χ4n) is 2.34. The van der Waals surface area contributed by atoms with Gasteiger partial charge in [0.05, 0.1) is 0 Å². The number of nitrogens with one attached hydrogen (secondary N) is 1. The van der Waals surface area contributed by atoms with Gasteiger partial charge < -0.3 is 5.32 Å². The van der Waals surface area contributed by atoms with Gasteiger partial charge in [0.25, 0.3) is 0 Å². The minimum atomic E-state index is -0.741. The number of hydrogen-bond acceptors (Lipinski definition) is 2. The van der Waals surface area contributed by atoms with Crippen LogP contribution in [0.4, 0.5) is 0 Å². The van der Waals surface area contributed by atoms with Gasteiger partial charge in [-0.3, -0.25) is 4.21 Å². The van der Waals surface area contributed by atoms with Crippen LogP contribution in [0.2, 0.25) is 0 Å². The Balaban J connectivity index is 2.57. The standard InChI is InChI=1S/C16H27NOS/c1-12(2)10-15-6-8-16(9-7-15)14(4)17-13(3)11-19(5)18/h6-9,12-14,17H,10-11H2,1-5H3. The highest BCUT2D eigenvalue weighted by Gasteiger charge is 2.10. The Kier molecular flexibility index (Phi) is 6.73. The summed E-state index contributed by atoms with van der Waals surface area (Å²) in [6.45, 7) is 8.73. The van der Waals surface area contributed by atoms with E-state index in [1.807, 2.05) is 0 Å². The molecule has 1 N–H and O–H groups in total. The van der Waals surface area contributed by atoms with Crippen LogP contribution in [-0.2, 0) is 17.2 Å². The fourth-order valence-corrected chi connectivity index (χ4v) is 3.14. The van der Waals surface area contributed by atoms with Crippen LogP contribution in [0.1, 0.15) is 44.9 Å². The average molecular weight is 281 g/mol. The second kappa shape index (κ2) is 7.81. The zero-order valence-corrected chi connectivity index (χ0v) is 13.6. The van der Waals surface area contributed by atoms with Gasteiger partial charge >= 0.3 is 0 Å². The van der Waals surface area contributed by atoms with Gasteiger partial charge in [-0.2, -0.15) is 0 Å². The smallest absolute Gasteiger partial charge is 0.0383 e. The lowest BCUT2D eigenvalue weighted by Gasteiger charge is -2.20. The molecule has 19 heavy (non-hydrogen) atoms. The summed E-state index contributed by atoms with van der Waals surface area (Å²) in [6.07, 6.45) is 2.89. The van der Waals surface area contributed by atoms with E-state index >= 15 is 0 Å². The highest BCUT2D eigenvalue weighted by Crippen LogP contribution is 2.16. The molecule has 3 heteroatoms. The maximum atomic E-state index is 11.2. The lowest BCUT2D eigenvalue weighted by atomic mass is 10.00. The highest BCUT2D eigenvalue weighted by molar-refractivity contribution is 7.84. The van der Waals surface area contributed by atoms with Crippen LogP contribution in [0.5, 0.6) is 0 Å². The Labute approximate surface area is 120 Å². The van der Waals surface area contributed by atoms with Gasteiger partial charge in [-0.05, 0) is 37.3 Å². The number of hydrogen-bond donors (Lipinski definition) is 1. The monoisotopic (exact) mass is 281 g/mol. The molecule has 0 aliphatic rings. The van der Waals surface area contributed by atoms with Crippen LogP contribution in [0, 0.1) is 5.92 Å². The quantitative estimate of drug-likeness (QED) is 0.831. The SMILES string of the molecule is CC(C)Cc1ccc(C(C)NC(C)CS(C)=O)cc1. The third kappa shape index (κ3) is 6.35. The van der Waals surface area contributed by atoms with Crippen molar-refractivity contribution >= 4 is 10.8 Å². The van der Waals surface area contributed by atoms with Gasteiger partial charge in [-0.25, -0.2) is 0 Å². The minimum Gasteiger partial charge on any atom is -0.307 e. The molecule has 0 fully saturated rings. The highest BCUT2D eigenvalue weighted by atomic mass is 32.2. The van der Waals surface area contributed by atoms with Crippen LogP contribution in [0.15, 0.2) is 24.3 Å². The maximum Gasteiger partial charge on any atom is 0.0383 e. The van der Waals surface area contributed by atoms with Crippen LogP contribution in [0.3, 0.4) is 0 Å². The molecule has 0 spiro atoms. The molecule has 0 heterocycles. The molecule has 0 bridgehead atoms. The predicted molar refractivity (Wildman–Crippen MR) is 84.9 cm³/mol. The number of benzene rings is 1. The van der Waals surface area contributed by atoms with E-state index in [9.17, 15) is 4.21 Å². The first-order valence-corrected chi connectivity index (χ1v) is 8.76. The van der Waals surface area contributed by atoms with Gasteiger partial charge in [0.1, 0.15) is 0 Å². The first kappa shape index (κ1) is 16.4. The van der Waals surface area contributed by atoms with Crippen molar-refractivity contribution in [3.63, 3.8) is 0 Å². The Hall–Kier alpha value is -0.670. The Morgan fingerprint density at radius 2 is 1.68 bits per heavy atom. The zero-order valence-electron chi connectivity index (χ0n) is 12.8. The van der Waals surface area contributed by atoms with Gasteiger partial charge in [-0.15, -0.1) is 0 Å². The van der Waals surface area contributed by atoms with Crippen molar-refractivity contribution < 1.29 is 4.21 Å². The van der Waals surface area contributed by atoms with Crippen LogP contribution < -0.4 is 5.32 Å². The summed E-state index contributed by atoms with van der Waals surface area (Å²) < 4.78 is 11.2. The first-order valence-electron chi connectivity index (χ1n) is 7.03. The van der Waals surface area contributed by atoms with Crippen LogP contribution in [-0.4, -0.2) is 22.3 Å². The van der Waals surface area contributed by atoms with Crippen molar-refractivity contribution in [2.45, 2.75) is 46.2 Å². The summed E-state index contributed by atoms with van der Waals surface area (Å²) in [5, 5.41) is 3.49. The predicted octanol–water partition coefficient (Wildman–Crippen LogP) is 3.30. The molecule has 0 saturated carbocycles. The normalized spacial score (nSPS) is 16.3. The summed E-state index contributed by atoms with van der Waals surface area (Å²) in [5.41, 5.74) is 2.69. The molecule has 1 aromatic carbocycles. The Bertz CT molecular complexity index is 400. The number of rotatable bonds is 7. The molecule has 0 radical (unpaired) electrons. The molecule has 3 atom stereocenters. The van der Waals surface area contributed by atoms with Gasteiger partial charge in [0.15, 0.2) is 0 Å². The fraction of sp³-hybridized carbons (Fsp3) is 0.625. The van der Waals surface area contributed by atoms with Crippen LogP contribution in [0.25, 0.3) is 0 Å². The first-order chi connectivity index (χ1) is 8.88. The lowest BCUT2D eigenvalue weighted by molar-refractivity contribution is 0.508. The van der Waals surface area contributed by atoms with E-state index in [4.69, 9.17) is 0 Å². The lowest BCUT2D eigenvalue weighted by Crippen LogP contribution is -2.33. The van der Waals surface area contributed by atoms with Crippen molar-refractivity contribution in [1.82, 2.24) is 5.32 Å². The van der Waals surface area contributed by atoms with E-state index < -0.39 is 10.8 Å². The second-order valence-electron chi connectivity index (χ2n) is 5.87. The molecule has 3 unspecified atom stereocenters. The average Bonchev–Trinajstić information content (AvgIpc) is 2.27. The van der Waals surface area contributed by atoms with Crippen molar-refractivity contribution in [3.05, 3.63) is 35.4 Å². The van der Waals surface area contributed by atoms with E-state index in [0.717, 1.165) is 6.42 Å². The zero-order chi connectivity index (χ0) is 14.4. The molecule has 0 aliphatic carbocycles. The molecule has 0 saturated heterocycles. The second-order valence-corrected chi connectivity index (χ2v) is 7.35. The molecule has 0 aliphatic heterocycles. The minimum absolute atomic E-state index is 0.274. The summed E-state index contributed by atoms with van der Waals surface area (Å²) >= 11 is 0. The van der Waals surface area contributed by atoms with Crippen molar-refractivity contribution in [3.8, 4) is 0 Å². The molecule has 1 rings (SSSR count). The molecule has 2 nitrogen and oxygen atoms in total. The summed E-state index contributed by atoms with van der Waals surface area (Å²) in [5.74, 6) is 1.40. The van der Waals surface area contributed by atoms with Gasteiger partial charge in [0, 0.05) is 34.9 Å². The molecule has 0 aromatic heterocycles. The summed E-state index contributed by atoms with van der Waals surface area (Å²) in [6, 6.07) is 9.41. The molecular weight excluding hydrogens is 254 g/mol. The van der Waals surface area contributed by atoms with Crippen molar-refractivity contribution in [1.29, 1.82) is 0 Å². The van der Waals surface area contributed by atoms with Crippen molar-refractivity contribution in [2.24, 2.45) is 5.92 Å². The maximum absolute atomic E-state index is 11.2. The molecule has 0 amide bonds. The molecule has 1 aromatic rings. The van der Waals surface area contributed by atoms with E-state index in [-0.39, 0.29) is 6.04 Å². The topological polar surface area (TPSA) is 29.1 Å². The third-order valence-electron chi connectivity index (χ3n) is 3.14. The van der Waals surface area contributed by atoms with Gasteiger partial charge in [-0.1, -0.05) is 38.1 Å². The van der Waals surface area contributed by atoms with E-state index in [0.29, 0.717) is 17.7 Å². The molecule has 108 valence electrons. The Morgan fingerprint density at radius 3 is 2.16 bits per heavy atom. The Morgan fingerprint density at radius 1 is 1.11 bits per heavy atom. The van der Waals surface area contributed by atoms with E-state index in [1.54, 1.807) is 6.26 Å². The summed E-state index contributed by atoms with van der Waals surface area (Å²) in [4.78, 5) is 0. The third-order valence-corrected chi connectivity index (χ3v) is 4.11. The van der Waals surface area contributed by atoms with Crippen LogP contribution >= 0.6 is 0 Å². The largest absolute Gasteiger partial charge is 0.307 e. The van der Waals surface area contributed by atoms with Crippen molar-refractivity contribution in [2.75, 3.05) is 12.0 Å². The van der Waals surface area contributed by atoms with Gasteiger partial charge in [0.2, 0.25) is 0 Å². The van der Waals surface area contributed by atoms with E-state index in [1.165, 1.54) is 11.1 Å². The van der Waals surface area contributed by atoms with E-state index in [2.05, 4.69) is 57.3 Å². The summed E-state index contributed by atoms with van der Waals surface area (Å²) in [7, 11) is -0.741. The molecular formula is C16H27NOS.